The van der Waals surface area contributed by atoms with Gasteiger partial charge in [-0.3, -0.25) is 14.4 Å². The monoisotopic (exact) mass is 430 g/mol. The Hall–Kier alpha value is -3.00. The van der Waals surface area contributed by atoms with Crippen molar-refractivity contribution in [2.75, 3.05) is 7.11 Å². The van der Waals surface area contributed by atoms with Crippen LogP contribution in [0.25, 0.3) is 0 Å². The fourth-order valence-corrected chi connectivity index (χ4v) is 4.06. The molecule has 0 radical (unpaired) electrons. The lowest BCUT2D eigenvalue weighted by Gasteiger charge is -2.41. The van der Waals surface area contributed by atoms with Gasteiger partial charge < -0.3 is 19.7 Å². The molecule has 2 heterocycles. The predicted molar refractivity (Wildman–Crippen MR) is 113 cm³/mol. The molecule has 1 amide bonds. The van der Waals surface area contributed by atoms with Gasteiger partial charge in [-0.05, 0) is 19.4 Å². The summed E-state index contributed by atoms with van der Waals surface area (Å²) < 4.78 is 20.8. The van der Waals surface area contributed by atoms with Crippen LogP contribution in [-0.2, 0) is 17.8 Å². The zero-order chi connectivity index (χ0) is 22.8. The van der Waals surface area contributed by atoms with Crippen molar-refractivity contribution in [1.82, 2.24) is 9.88 Å². The Bertz CT molecular complexity index is 1060. The number of fused-ring (bicyclic) bond motifs is 1. The van der Waals surface area contributed by atoms with Crippen LogP contribution < -0.4 is 10.7 Å². The molecule has 0 saturated carbocycles. The number of nitrogens with zero attached hydrogens (tertiary/aromatic N) is 1. The van der Waals surface area contributed by atoms with Crippen LogP contribution in [0, 0.1) is 11.2 Å². The number of halogens is 1. The van der Waals surface area contributed by atoms with Gasteiger partial charge in [-0.2, -0.15) is 0 Å². The first kappa shape index (κ1) is 22.7. The lowest BCUT2D eigenvalue weighted by Crippen LogP contribution is -2.49. The minimum absolute atomic E-state index is 0.109. The first-order valence-electron chi connectivity index (χ1n) is 10.3. The van der Waals surface area contributed by atoms with Crippen molar-refractivity contribution < 1.29 is 23.8 Å². The molecule has 0 unspecified atom stereocenters. The molecule has 8 heteroatoms. The lowest BCUT2D eigenvalue weighted by atomic mass is 9.72. The normalized spacial score (nSPS) is 20.4. The van der Waals surface area contributed by atoms with Crippen LogP contribution in [0.5, 0.6) is 5.75 Å². The molecule has 0 spiro atoms. The highest BCUT2D eigenvalue weighted by molar-refractivity contribution is 6.03. The summed E-state index contributed by atoms with van der Waals surface area (Å²) in [6.07, 6.45) is 3.02. The van der Waals surface area contributed by atoms with E-state index < -0.39 is 34.4 Å². The first-order chi connectivity index (χ1) is 14.7. The maximum Gasteiger partial charge on any atom is 0.257 e. The van der Waals surface area contributed by atoms with Crippen LogP contribution in [0.2, 0.25) is 0 Å². The molecule has 0 saturated heterocycles. The molecule has 1 aliphatic heterocycles. The highest BCUT2D eigenvalue weighted by Gasteiger charge is 2.47. The van der Waals surface area contributed by atoms with E-state index in [1.165, 1.54) is 36.1 Å². The number of unbranched alkanes of at least 4 members (excludes halogenated alkanes) is 1. The summed E-state index contributed by atoms with van der Waals surface area (Å²) in [5.74, 6) is -2.37. The molecular weight excluding hydrogens is 403 g/mol. The second-order valence-corrected chi connectivity index (χ2v) is 8.07. The number of carbonyl (C=O) groups is 2. The number of ketones is 1. The number of nitrogens with one attached hydrogen (secondary N) is 1. The van der Waals surface area contributed by atoms with E-state index in [4.69, 9.17) is 4.74 Å². The highest BCUT2D eigenvalue weighted by Crippen LogP contribution is 2.40. The molecule has 0 bridgehead atoms. The Morgan fingerprint density at radius 2 is 2.06 bits per heavy atom. The number of ether oxygens (including phenoxy) is 1. The van der Waals surface area contributed by atoms with E-state index in [0.29, 0.717) is 6.42 Å². The summed E-state index contributed by atoms with van der Waals surface area (Å²) in [7, 11) is 1.51. The number of aromatic hydroxyl groups is 1. The average molecular weight is 430 g/mol. The zero-order valence-corrected chi connectivity index (χ0v) is 17.9. The van der Waals surface area contributed by atoms with Gasteiger partial charge >= 0.3 is 0 Å². The number of pyridine rings is 1. The zero-order valence-electron chi connectivity index (χ0n) is 17.9. The summed E-state index contributed by atoms with van der Waals surface area (Å²) in [6.45, 7) is 3.88. The van der Waals surface area contributed by atoms with Crippen molar-refractivity contribution in [3.05, 3.63) is 63.3 Å². The lowest BCUT2D eigenvalue weighted by molar-refractivity contribution is -0.0190. The Labute approximate surface area is 179 Å². The molecule has 31 heavy (non-hydrogen) atoms. The van der Waals surface area contributed by atoms with Crippen molar-refractivity contribution in [3.63, 3.8) is 0 Å². The van der Waals surface area contributed by atoms with Gasteiger partial charge in [0, 0.05) is 25.4 Å². The summed E-state index contributed by atoms with van der Waals surface area (Å²) in [6, 6.07) is 5.96. The third kappa shape index (κ3) is 4.12. The number of aromatic nitrogens is 1. The molecule has 3 rings (SSSR count). The molecule has 7 nitrogen and oxygen atoms in total. The number of methoxy groups -OCH3 is 1. The van der Waals surface area contributed by atoms with E-state index in [9.17, 15) is 23.9 Å². The summed E-state index contributed by atoms with van der Waals surface area (Å²) in [4.78, 5) is 38.6. The van der Waals surface area contributed by atoms with E-state index in [0.717, 1.165) is 12.8 Å². The number of hydrogen-bond acceptors (Lipinski definition) is 5. The molecule has 0 aliphatic carbocycles. The molecule has 2 aromatic rings. The van der Waals surface area contributed by atoms with Gasteiger partial charge in [0.25, 0.3) is 5.91 Å². The van der Waals surface area contributed by atoms with Crippen molar-refractivity contribution in [2.24, 2.45) is 5.41 Å². The molecule has 2 atom stereocenters. The molecular formula is C23H27FN2O5. The van der Waals surface area contributed by atoms with Crippen LogP contribution in [0.1, 0.15) is 59.5 Å². The molecule has 2 N–H and O–H groups in total. The number of Topliss-reactive ketones (excluding diaryl/α,β-unsaturated/α-hetero) is 1. The second kappa shape index (κ2) is 9.01. The van der Waals surface area contributed by atoms with Crippen molar-refractivity contribution >= 4 is 11.7 Å². The van der Waals surface area contributed by atoms with Crippen molar-refractivity contribution in [1.29, 1.82) is 0 Å². The van der Waals surface area contributed by atoms with Crippen LogP contribution in [-0.4, -0.2) is 34.6 Å². The van der Waals surface area contributed by atoms with Crippen molar-refractivity contribution in [2.45, 2.75) is 52.3 Å². The van der Waals surface area contributed by atoms with Gasteiger partial charge in [-0.15, -0.1) is 0 Å². The Morgan fingerprint density at radius 3 is 2.71 bits per heavy atom. The minimum Gasteiger partial charge on any atom is -0.503 e. The van der Waals surface area contributed by atoms with Crippen LogP contribution in [0.15, 0.2) is 35.3 Å². The Balaban J connectivity index is 1.95. The fraction of sp³-hybridized carbons (Fsp3) is 0.435. The molecule has 1 aromatic heterocycles. The standard InChI is InChI=1S/C23H27FN2O5/c1-4-5-10-23(2)17(31-3)13-26-12-15(19(27)20(28)18(26)21(23)29)22(30)25-11-14-8-6-7-9-16(14)24/h6-9,12,17,28H,4-5,10-11,13H2,1-3H3,(H,25,30)/t17-,23-/m0/s1. The van der Waals surface area contributed by atoms with Crippen LogP contribution in [0.4, 0.5) is 4.39 Å². The first-order valence-corrected chi connectivity index (χ1v) is 10.3. The fourth-order valence-electron chi connectivity index (χ4n) is 4.06. The quantitative estimate of drug-likeness (QED) is 0.704. The summed E-state index contributed by atoms with van der Waals surface area (Å²) in [5.41, 5.74) is -1.98. The third-order valence-electron chi connectivity index (χ3n) is 6.04. The topological polar surface area (TPSA) is 97.6 Å². The number of hydrogen-bond donors (Lipinski definition) is 2. The van der Waals surface area contributed by atoms with E-state index in [2.05, 4.69) is 5.32 Å². The largest absolute Gasteiger partial charge is 0.503 e. The number of benzene rings is 1. The Kier molecular flexibility index (Phi) is 6.59. The summed E-state index contributed by atoms with van der Waals surface area (Å²) in [5, 5.41) is 13.0. The molecule has 166 valence electrons. The maximum absolute atomic E-state index is 13.8. The number of amides is 1. The predicted octanol–water partition coefficient (Wildman–Crippen LogP) is 3.03. The minimum atomic E-state index is -0.931. The van der Waals surface area contributed by atoms with Crippen LogP contribution >= 0.6 is 0 Å². The molecule has 1 aromatic carbocycles. The van der Waals surface area contributed by atoms with Crippen molar-refractivity contribution in [3.8, 4) is 5.75 Å². The van der Waals surface area contributed by atoms with E-state index in [1.807, 2.05) is 6.92 Å². The number of rotatable bonds is 7. The summed E-state index contributed by atoms with van der Waals surface area (Å²) >= 11 is 0. The maximum atomic E-state index is 13.8. The highest BCUT2D eigenvalue weighted by atomic mass is 19.1. The van der Waals surface area contributed by atoms with E-state index in [-0.39, 0.29) is 35.7 Å². The van der Waals surface area contributed by atoms with Crippen LogP contribution in [0.3, 0.4) is 0 Å². The third-order valence-corrected chi connectivity index (χ3v) is 6.04. The average Bonchev–Trinajstić information content (AvgIpc) is 2.76. The van der Waals surface area contributed by atoms with Gasteiger partial charge in [-0.25, -0.2) is 4.39 Å². The van der Waals surface area contributed by atoms with Gasteiger partial charge in [0.15, 0.2) is 11.5 Å². The molecule has 0 fully saturated rings. The van der Waals surface area contributed by atoms with E-state index in [1.54, 1.807) is 13.0 Å². The molecule has 1 aliphatic rings. The van der Waals surface area contributed by atoms with E-state index >= 15 is 0 Å². The second-order valence-electron chi connectivity index (χ2n) is 8.07. The van der Waals surface area contributed by atoms with Gasteiger partial charge in [0.2, 0.25) is 5.43 Å². The number of carbonyl (C=O) groups excluding carboxylic acids is 2. The smallest absolute Gasteiger partial charge is 0.257 e. The van der Waals surface area contributed by atoms with Gasteiger partial charge in [0.05, 0.1) is 18.1 Å². The SMILES string of the molecule is CCCC[C@]1(C)C(=O)c2c(O)c(=O)c(C(=O)NCc3ccccc3F)cn2C[C@@H]1OC. The Morgan fingerprint density at radius 1 is 1.35 bits per heavy atom. The van der Waals surface area contributed by atoms with Gasteiger partial charge in [0.1, 0.15) is 17.1 Å². The van der Waals surface area contributed by atoms with Gasteiger partial charge in [-0.1, -0.05) is 38.0 Å².